The molecule has 2 atom stereocenters. The molecule has 1 saturated heterocycles. The minimum atomic E-state index is -0.464. The number of carbonyl (C=O) groups is 2. The van der Waals surface area contributed by atoms with Crippen molar-refractivity contribution in [2.75, 3.05) is 0 Å². The van der Waals surface area contributed by atoms with Crippen molar-refractivity contribution in [2.45, 2.75) is 76.6 Å². The minimum absolute atomic E-state index is 0.0279. The first kappa shape index (κ1) is 23.2. The molecule has 6 heteroatoms. The molecular weight excluding hydrogens is 438 g/mol. The predicted octanol–water partition coefficient (Wildman–Crippen LogP) is 5.75. The lowest BCUT2D eigenvalue weighted by molar-refractivity contribution is -0.130. The zero-order valence-corrected chi connectivity index (χ0v) is 20.2. The number of urea groups is 1. The molecule has 2 aromatic rings. The zero-order valence-electron chi connectivity index (χ0n) is 20.2. The summed E-state index contributed by atoms with van der Waals surface area (Å²) in [6.45, 7) is 6.48. The molecule has 2 aliphatic heterocycles. The van der Waals surface area contributed by atoms with Gasteiger partial charge in [0.1, 0.15) is 18.4 Å². The molecule has 5 rings (SSSR count). The number of benzene rings is 2. The van der Waals surface area contributed by atoms with E-state index in [1.807, 2.05) is 29.2 Å². The molecule has 3 aliphatic rings. The van der Waals surface area contributed by atoms with Crippen molar-refractivity contribution >= 4 is 18.0 Å². The van der Waals surface area contributed by atoms with Gasteiger partial charge in [-0.25, -0.2) is 4.79 Å². The van der Waals surface area contributed by atoms with Gasteiger partial charge >= 0.3 is 6.03 Å². The highest BCUT2D eigenvalue weighted by atomic mass is 16.5. The third kappa shape index (κ3) is 3.99. The van der Waals surface area contributed by atoms with E-state index in [4.69, 9.17) is 10.00 Å². The monoisotopic (exact) mass is 469 g/mol. The van der Waals surface area contributed by atoms with Crippen LogP contribution < -0.4 is 4.74 Å². The third-order valence-electron chi connectivity index (χ3n) is 7.74. The summed E-state index contributed by atoms with van der Waals surface area (Å²) in [5.74, 6) is 0.664. The van der Waals surface area contributed by atoms with Crippen LogP contribution in [0.5, 0.6) is 5.75 Å². The molecule has 1 saturated carbocycles. The number of fused-ring (bicyclic) bond motifs is 2. The summed E-state index contributed by atoms with van der Waals surface area (Å²) in [7, 11) is 0. The average molecular weight is 470 g/mol. The van der Waals surface area contributed by atoms with Gasteiger partial charge < -0.3 is 9.64 Å². The van der Waals surface area contributed by atoms with Gasteiger partial charge in [-0.15, -0.1) is 0 Å². The van der Waals surface area contributed by atoms with E-state index in [0.29, 0.717) is 24.3 Å². The van der Waals surface area contributed by atoms with E-state index in [1.54, 1.807) is 23.1 Å². The van der Waals surface area contributed by atoms with Crippen molar-refractivity contribution < 1.29 is 14.3 Å². The van der Waals surface area contributed by atoms with E-state index in [-0.39, 0.29) is 24.0 Å². The lowest BCUT2D eigenvalue weighted by Gasteiger charge is -2.38. The maximum atomic E-state index is 13.6. The standard InChI is InChI=1S/C29H31N3O3/c1-3-22-24-16-26-28(33)31(21-8-6-5-7-9-21)29(34)32(26)25(4-2)23(24)14-15-27(22)35-18-20-12-10-19(17-30)11-13-20/h3,10-15,21,25-26H,1,4-9,16,18H2,2H3/t25-,26+/m1/s1. The summed E-state index contributed by atoms with van der Waals surface area (Å²) in [5, 5.41) is 9.01. The van der Waals surface area contributed by atoms with E-state index in [1.165, 1.54) is 6.42 Å². The Morgan fingerprint density at radius 3 is 2.51 bits per heavy atom. The summed E-state index contributed by atoms with van der Waals surface area (Å²) >= 11 is 0. The highest BCUT2D eigenvalue weighted by Gasteiger charge is 2.53. The summed E-state index contributed by atoms with van der Waals surface area (Å²) in [4.78, 5) is 30.5. The molecule has 35 heavy (non-hydrogen) atoms. The molecule has 1 aliphatic carbocycles. The Bertz CT molecular complexity index is 1190. The Labute approximate surface area is 206 Å². The number of hydrogen-bond acceptors (Lipinski definition) is 4. The van der Waals surface area contributed by atoms with E-state index in [9.17, 15) is 9.59 Å². The first-order valence-electron chi connectivity index (χ1n) is 12.6. The van der Waals surface area contributed by atoms with Crippen molar-refractivity contribution in [2.24, 2.45) is 0 Å². The van der Waals surface area contributed by atoms with E-state index < -0.39 is 6.04 Å². The Morgan fingerprint density at radius 1 is 1.11 bits per heavy atom. The number of hydrogen-bond donors (Lipinski definition) is 0. The van der Waals surface area contributed by atoms with Crippen LogP contribution in [0.15, 0.2) is 43.0 Å². The fourth-order valence-corrected chi connectivity index (χ4v) is 5.99. The molecule has 2 aromatic carbocycles. The Morgan fingerprint density at radius 2 is 1.86 bits per heavy atom. The number of nitrogens with zero attached hydrogens (tertiary/aromatic N) is 3. The first-order valence-corrected chi connectivity index (χ1v) is 12.6. The van der Waals surface area contributed by atoms with E-state index in [0.717, 1.165) is 54.4 Å². The maximum absolute atomic E-state index is 13.6. The van der Waals surface area contributed by atoms with Gasteiger partial charge in [0.15, 0.2) is 0 Å². The van der Waals surface area contributed by atoms with Crippen LogP contribution in [0.1, 0.15) is 79.3 Å². The van der Waals surface area contributed by atoms with Crippen LogP contribution in [0, 0.1) is 11.3 Å². The van der Waals surface area contributed by atoms with Crippen molar-refractivity contribution in [1.82, 2.24) is 9.80 Å². The van der Waals surface area contributed by atoms with Gasteiger partial charge in [-0.1, -0.05) is 57.0 Å². The highest BCUT2D eigenvalue weighted by Crippen LogP contribution is 2.44. The lowest BCUT2D eigenvalue weighted by atomic mass is 9.84. The predicted molar refractivity (Wildman–Crippen MR) is 133 cm³/mol. The Hall–Kier alpha value is -3.59. The van der Waals surface area contributed by atoms with Gasteiger partial charge in [0.25, 0.3) is 5.91 Å². The van der Waals surface area contributed by atoms with Gasteiger partial charge in [0, 0.05) is 18.0 Å². The smallest absolute Gasteiger partial charge is 0.328 e. The highest BCUT2D eigenvalue weighted by molar-refractivity contribution is 6.05. The van der Waals surface area contributed by atoms with Gasteiger partial charge in [-0.3, -0.25) is 9.69 Å². The molecule has 0 bridgehead atoms. The van der Waals surface area contributed by atoms with Crippen LogP contribution in [0.2, 0.25) is 0 Å². The van der Waals surface area contributed by atoms with Gasteiger partial charge in [0.2, 0.25) is 0 Å². The number of rotatable bonds is 6. The fourth-order valence-electron chi connectivity index (χ4n) is 5.99. The molecule has 0 radical (unpaired) electrons. The number of nitriles is 1. The second-order valence-corrected chi connectivity index (χ2v) is 9.68. The SMILES string of the molecule is C=Cc1c(OCc2ccc(C#N)cc2)ccc2c1C[C@H]1C(=O)N(C3CCCCC3)C(=O)N1[C@@H]2CC. The van der Waals surface area contributed by atoms with Crippen molar-refractivity contribution in [3.8, 4) is 11.8 Å². The fraction of sp³-hybridized carbons (Fsp3) is 0.414. The second-order valence-electron chi connectivity index (χ2n) is 9.68. The average Bonchev–Trinajstić information content (AvgIpc) is 3.15. The van der Waals surface area contributed by atoms with Gasteiger partial charge in [-0.2, -0.15) is 5.26 Å². The lowest BCUT2D eigenvalue weighted by Crippen LogP contribution is -2.44. The van der Waals surface area contributed by atoms with Crippen LogP contribution in [-0.2, 0) is 17.8 Å². The summed E-state index contributed by atoms with van der Waals surface area (Å²) in [5.41, 5.74) is 4.61. The number of imide groups is 1. The zero-order chi connectivity index (χ0) is 24.5. The molecule has 6 nitrogen and oxygen atoms in total. The minimum Gasteiger partial charge on any atom is -0.488 e. The van der Waals surface area contributed by atoms with Crippen molar-refractivity contribution in [3.05, 3.63) is 70.8 Å². The summed E-state index contributed by atoms with van der Waals surface area (Å²) in [6, 6.07) is 12.8. The third-order valence-corrected chi connectivity index (χ3v) is 7.74. The quantitative estimate of drug-likeness (QED) is 0.505. The van der Waals surface area contributed by atoms with E-state index >= 15 is 0 Å². The van der Waals surface area contributed by atoms with Gasteiger partial charge in [-0.05, 0) is 54.2 Å². The first-order chi connectivity index (χ1) is 17.1. The summed E-state index contributed by atoms with van der Waals surface area (Å²) in [6.07, 6.45) is 8.17. The molecule has 0 aromatic heterocycles. The molecule has 0 unspecified atom stereocenters. The van der Waals surface area contributed by atoms with Crippen LogP contribution in [0.4, 0.5) is 4.79 Å². The van der Waals surface area contributed by atoms with Gasteiger partial charge in [0.05, 0.1) is 17.7 Å². The van der Waals surface area contributed by atoms with E-state index in [2.05, 4.69) is 19.6 Å². The molecular formula is C29H31N3O3. The van der Waals surface area contributed by atoms with Crippen LogP contribution in [-0.4, -0.2) is 33.8 Å². The second kappa shape index (κ2) is 9.58. The van der Waals surface area contributed by atoms with Crippen molar-refractivity contribution in [1.29, 1.82) is 5.26 Å². The largest absolute Gasteiger partial charge is 0.488 e. The maximum Gasteiger partial charge on any atom is 0.328 e. The molecule has 3 amide bonds. The number of amides is 3. The number of ether oxygens (including phenoxy) is 1. The Kier molecular flexibility index (Phi) is 6.34. The molecule has 2 fully saturated rings. The molecule has 2 heterocycles. The Balaban J connectivity index is 1.44. The van der Waals surface area contributed by atoms with Crippen LogP contribution in [0.3, 0.4) is 0 Å². The molecule has 0 N–H and O–H groups in total. The molecule has 180 valence electrons. The van der Waals surface area contributed by atoms with Crippen LogP contribution >= 0.6 is 0 Å². The topological polar surface area (TPSA) is 73.6 Å². The normalized spacial score (nSPS) is 21.9. The van der Waals surface area contributed by atoms with Crippen molar-refractivity contribution in [3.63, 3.8) is 0 Å². The van der Waals surface area contributed by atoms with Crippen LogP contribution in [0.25, 0.3) is 6.08 Å². The molecule has 0 spiro atoms. The summed E-state index contributed by atoms with van der Waals surface area (Å²) < 4.78 is 6.17. The number of carbonyl (C=O) groups excluding carboxylic acids is 2.